The number of amides is 2. The molecule has 2 aromatic carbocycles. The molecule has 1 saturated carbocycles. The molecule has 2 fully saturated rings. The van der Waals surface area contributed by atoms with Gasteiger partial charge in [-0.25, -0.2) is 0 Å². The summed E-state index contributed by atoms with van der Waals surface area (Å²) in [6, 6.07) is 14.7. The Balaban J connectivity index is 1.43. The molecule has 0 unspecified atom stereocenters. The third-order valence-corrected chi connectivity index (χ3v) is 9.74. The number of fused-ring (bicyclic) bond motifs is 1. The van der Waals surface area contributed by atoms with E-state index >= 15 is 0 Å². The van der Waals surface area contributed by atoms with Crippen molar-refractivity contribution in [2.45, 2.75) is 83.3 Å². The highest BCUT2D eigenvalue weighted by Crippen LogP contribution is 2.48. The van der Waals surface area contributed by atoms with Gasteiger partial charge in [0.1, 0.15) is 5.75 Å². The van der Waals surface area contributed by atoms with Crippen molar-refractivity contribution < 1.29 is 24.9 Å². The molecule has 1 aliphatic heterocycles. The van der Waals surface area contributed by atoms with Gasteiger partial charge in [0.15, 0.2) is 0 Å². The third kappa shape index (κ3) is 6.22. The molecule has 3 N–H and O–H groups in total. The maximum atomic E-state index is 13.8. The first-order valence-electron chi connectivity index (χ1n) is 15.5. The summed E-state index contributed by atoms with van der Waals surface area (Å²) in [5.41, 5.74) is 4.51. The summed E-state index contributed by atoms with van der Waals surface area (Å²) in [6.45, 7) is 1.80. The van der Waals surface area contributed by atoms with Crippen molar-refractivity contribution >= 4 is 35.1 Å². The van der Waals surface area contributed by atoms with Crippen molar-refractivity contribution in [2.75, 3.05) is 6.61 Å². The predicted octanol–water partition coefficient (Wildman–Crippen LogP) is 6.77. The molecule has 1 heterocycles. The van der Waals surface area contributed by atoms with Gasteiger partial charge >= 0.3 is 0 Å². The fourth-order valence-corrected chi connectivity index (χ4v) is 7.67. The molecule has 0 bridgehead atoms. The van der Waals surface area contributed by atoms with Crippen molar-refractivity contribution in [3.05, 3.63) is 75.8 Å². The molecule has 1 saturated heterocycles. The van der Waals surface area contributed by atoms with Gasteiger partial charge in [-0.3, -0.25) is 14.5 Å². The number of imide groups is 1. The molecule has 0 aromatic heterocycles. The number of benzene rings is 2. The Labute approximate surface area is 253 Å². The van der Waals surface area contributed by atoms with Crippen LogP contribution in [0, 0.1) is 17.8 Å². The van der Waals surface area contributed by atoms with E-state index in [-0.39, 0.29) is 30.2 Å². The molecular formula is C35H42ClNO5. The summed E-state index contributed by atoms with van der Waals surface area (Å²) >= 11 is 6.43. The maximum absolute atomic E-state index is 13.8. The number of rotatable bonds is 10. The number of phenols is 1. The standard InChI is InChI=1S/C35H42ClNO5/c1-2-9-25-19-28-33(35(42)37(34(28)41)26-12-7-4-8-13-26)29(21-38)32(25)31(40)17-15-23(22-10-5-3-6-11-22)18-24-14-16-27(39)20-30(24)36/h3,5-6,10-11,14,16,18,20,26,28-29,31,33,38-40H,2,4,7-9,12-13,15,17,19,21H2,1H3/b23-18-/t28-,29+,31-,33-/m1/s1. The minimum Gasteiger partial charge on any atom is -0.508 e. The fraction of sp³-hybridized carbons (Fsp3) is 0.486. The number of carbonyl (C=O) groups excluding carboxylic acids is 2. The molecule has 3 aliphatic rings. The molecular weight excluding hydrogens is 550 g/mol. The minimum atomic E-state index is -0.862. The van der Waals surface area contributed by atoms with Gasteiger partial charge in [-0.05, 0) is 85.1 Å². The number of halogens is 1. The second-order valence-electron chi connectivity index (χ2n) is 12.1. The molecule has 2 aromatic rings. The second kappa shape index (κ2) is 13.6. The van der Waals surface area contributed by atoms with Gasteiger partial charge in [0.2, 0.25) is 11.8 Å². The largest absolute Gasteiger partial charge is 0.508 e. The molecule has 2 aliphatic carbocycles. The molecule has 0 spiro atoms. The van der Waals surface area contributed by atoms with Crippen LogP contribution in [-0.2, 0) is 9.59 Å². The molecule has 6 nitrogen and oxygen atoms in total. The quantitative estimate of drug-likeness (QED) is 0.161. The summed E-state index contributed by atoms with van der Waals surface area (Å²) in [6.07, 6.45) is 8.97. The number of likely N-dealkylation sites (tertiary alicyclic amines) is 1. The van der Waals surface area contributed by atoms with Crippen LogP contribution in [0.4, 0.5) is 0 Å². The van der Waals surface area contributed by atoms with Crippen molar-refractivity contribution in [1.29, 1.82) is 0 Å². The molecule has 7 heteroatoms. The Morgan fingerprint density at radius 1 is 1.07 bits per heavy atom. The average Bonchev–Trinajstić information content (AvgIpc) is 3.25. The molecule has 4 atom stereocenters. The van der Waals surface area contributed by atoms with Crippen LogP contribution in [0.25, 0.3) is 11.6 Å². The Kier molecular flexibility index (Phi) is 9.87. The van der Waals surface area contributed by atoms with Crippen LogP contribution in [0.5, 0.6) is 5.75 Å². The van der Waals surface area contributed by atoms with E-state index in [0.29, 0.717) is 24.3 Å². The van der Waals surface area contributed by atoms with Gasteiger partial charge in [0.25, 0.3) is 0 Å². The lowest BCUT2D eigenvalue weighted by Crippen LogP contribution is -2.42. The van der Waals surface area contributed by atoms with Gasteiger partial charge in [0.05, 0.1) is 29.6 Å². The number of aromatic hydroxyl groups is 1. The van der Waals surface area contributed by atoms with Crippen LogP contribution < -0.4 is 0 Å². The van der Waals surface area contributed by atoms with Crippen LogP contribution in [0.2, 0.25) is 5.02 Å². The van der Waals surface area contributed by atoms with E-state index in [4.69, 9.17) is 11.6 Å². The zero-order valence-electron chi connectivity index (χ0n) is 24.3. The van der Waals surface area contributed by atoms with Gasteiger partial charge < -0.3 is 15.3 Å². The van der Waals surface area contributed by atoms with E-state index in [1.165, 1.54) is 11.0 Å². The zero-order valence-corrected chi connectivity index (χ0v) is 25.1. The molecule has 224 valence electrons. The summed E-state index contributed by atoms with van der Waals surface area (Å²) in [4.78, 5) is 29.0. The first-order chi connectivity index (χ1) is 20.3. The molecule has 5 rings (SSSR count). The van der Waals surface area contributed by atoms with Gasteiger partial charge in [-0.15, -0.1) is 0 Å². The number of carbonyl (C=O) groups is 2. The van der Waals surface area contributed by atoms with E-state index in [2.05, 4.69) is 6.92 Å². The number of nitrogens with zero attached hydrogens (tertiary/aromatic N) is 1. The van der Waals surface area contributed by atoms with Crippen LogP contribution >= 0.6 is 11.6 Å². The summed E-state index contributed by atoms with van der Waals surface area (Å²) in [7, 11) is 0. The Hall–Kier alpha value is -2.93. The third-order valence-electron chi connectivity index (χ3n) is 9.41. The van der Waals surface area contributed by atoms with Crippen molar-refractivity contribution in [3.8, 4) is 5.75 Å². The minimum absolute atomic E-state index is 0.0445. The van der Waals surface area contributed by atoms with Crippen LogP contribution in [0.3, 0.4) is 0 Å². The maximum Gasteiger partial charge on any atom is 0.234 e. The van der Waals surface area contributed by atoms with E-state index in [1.807, 2.05) is 36.4 Å². The van der Waals surface area contributed by atoms with Crippen LogP contribution in [0.15, 0.2) is 59.7 Å². The predicted molar refractivity (Wildman–Crippen MR) is 166 cm³/mol. The number of hydrogen-bond acceptors (Lipinski definition) is 5. The lowest BCUT2D eigenvalue weighted by Gasteiger charge is -2.36. The number of allylic oxidation sites excluding steroid dienone is 2. The van der Waals surface area contributed by atoms with Gasteiger partial charge in [-0.1, -0.05) is 80.1 Å². The number of hydrogen-bond donors (Lipinski definition) is 3. The normalized spacial score (nSPS) is 24.3. The Bertz CT molecular complexity index is 1350. The molecule has 2 amide bonds. The van der Waals surface area contributed by atoms with E-state index in [0.717, 1.165) is 72.8 Å². The van der Waals surface area contributed by atoms with E-state index in [1.54, 1.807) is 12.1 Å². The van der Waals surface area contributed by atoms with Crippen LogP contribution in [-0.4, -0.2) is 50.8 Å². The van der Waals surface area contributed by atoms with Gasteiger partial charge in [0, 0.05) is 12.0 Å². The second-order valence-corrected chi connectivity index (χ2v) is 12.5. The smallest absolute Gasteiger partial charge is 0.234 e. The average molecular weight is 592 g/mol. The Morgan fingerprint density at radius 2 is 1.81 bits per heavy atom. The highest BCUT2D eigenvalue weighted by atomic mass is 35.5. The fourth-order valence-electron chi connectivity index (χ4n) is 7.44. The molecule has 42 heavy (non-hydrogen) atoms. The summed E-state index contributed by atoms with van der Waals surface area (Å²) in [5, 5.41) is 32.7. The van der Waals surface area contributed by atoms with Gasteiger partial charge in [-0.2, -0.15) is 0 Å². The number of aliphatic hydroxyl groups excluding tert-OH is 2. The van der Waals surface area contributed by atoms with E-state index < -0.39 is 23.9 Å². The first-order valence-corrected chi connectivity index (χ1v) is 15.8. The number of phenolic OH excluding ortho intramolecular Hbond substituents is 1. The monoisotopic (exact) mass is 591 g/mol. The van der Waals surface area contributed by atoms with E-state index in [9.17, 15) is 24.9 Å². The number of aliphatic hydroxyl groups is 2. The summed E-state index contributed by atoms with van der Waals surface area (Å²) < 4.78 is 0. The SMILES string of the molecule is CCCC1=C([C@H](O)CC/C(=C/c2ccc(O)cc2Cl)c2ccccc2)[C@H](CO)[C@@H]2C(=O)N(C3CCCCC3)C(=O)[C@@H]2C1. The highest BCUT2D eigenvalue weighted by molar-refractivity contribution is 6.32. The molecule has 0 radical (unpaired) electrons. The van der Waals surface area contributed by atoms with Crippen LogP contribution in [0.1, 0.15) is 82.3 Å². The lowest BCUT2D eigenvalue weighted by molar-refractivity contribution is -0.143. The lowest BCUT2D eigenvalue weighted by atomic mass is 9.67. The topological polar surface area (TPSA) is 98.1 Å². The van der Waals surface area contributed by atoms with Crippen molar-refractivity contribution in [1.82, 2.24) is 4.90 Å². The first kappa shape index (κ1) is 30.5. The highest BCUT2D eigenvalue weighted by Gasteiger charge is 2.56. The van der Waals surface area contributed by atoms with Crippen molar-refractivity contribution in [2.24, 2.45) is 17.8 Å². The van der Waals surface area contributed by atoms with Crippen molar-refractivity contribution in [3.63, 3.8) is 0 Å². The zero-order chi connectivity index (χ0) is 29.8. The summed E-state index contributed by atoms with van der Waals surface area (Å²) in [5.74, 6) is -1.79. The Morgan fingerprint density at radius 3 is 2.48 bits per heavy atom.